The Morgan fingerprint density at radius 2 is 0.889 bits per heavy atom. The average molecular weight is 805 g/mol. The number of benzene rings is 10. The minimum atomic E-state index is 0.891. The van der Waals surface area contributed by atoms with Gasteiger partial charge in [0.05, 0.1) is 22.4 Å². The summed E-state index contributed by atoms with van der Waals surface area (Å²) in [5.41, 5.74) is 17.5. The summed E-state index contributed by atoms with van der Waals surface area (Å²) in [6.07, 6.45) is 0. The second kappa shape index (κ2) is 15.3. The van der Waals surface area contributed by atoms with E-state index in [1.807, 2.05) is 6.07 Å². The van der Waals surface area contributed by atoms with Crippen molar-refractivity contribution in [1.29, 1.82) is 0 Å². The Kier molecular flexibility index (Phi) is 8.83. The van der Waals surface area contributed by atoms with Crippen LogP contribution >= 0.6 is 0 Å². The normalized spacial score (nSPS) is 11.5. The minimum absolute atomic E-state index is 0.891. The second-order valence-corrected chi connectivity index (χ2v) is 16.0. The molecule has 0 aliphatic carbocycles. The van der Waals surface area contributed by atoms with Crippen LogP contribution in [-0.4, -0.2) is 4.57 Å². The molecule has 12 rings (SSSR count). The lowest BCUT2D eigenvalue weighted by Crippen LogP contribution is -2.12. The van der Waals surface area contributed by atoms with Gasteiger partial charge in [-0.15, -0.1) is 0 Å². The zero-order valence-corrected chi connectivity index (χ0v) is 34.4. The third kappa shape index (κ3) is 6.21. The van der Waals surface area contributed by atoms with Gasteiger partial charge in [-0.3, -0.25) is 0 Å². The highest BCUT2D eigenvalue weighted by Crippen LogP contribution is 2.49. The second-order valence-electron chi connectivity index (χ2n) is 16.0. The van der Waals surface area contributed by atoms with E-state index >= 15 is 0 Å². The smallest absolute Gasteiger partial charge is 0.143 e. The average Bonchev–Trinajstić information content (AvgIpc) is 3.92. The van der Waals surface area contributed by atoms with Crippen molar-refractivity contribution in [1.82, 2.24) is 4.57 Å². The van der Waals surface area contributed by atoms with Gasteiger partial charge in [-0.1, -0.05) is 182 Å². The van der Waals surface area contributed by atoms with E-state index in [-0.39, 0.29) is 0 Å². The van der Waals surface area contributed by atoms with Crippen LogP contribution in [0.15, 0.2) is 247 Å². The fourth-order valence-corrected chi connectivity index (χ4v) is 9.59. The fraction of sp³-hybridized carbons (Fsp3) is 0. The Hall–Kier alpha value is -8.40. The summed E-state index contributed by atoms with van der Waals surface area (Å²) in [4.78, 5) is 2.48. The van der Waals surface area contributed by atoms with Crippen molar-refractivity contribution in [3.05, 3.63) is 243 Å². The molecule has 0 saturated heterocycles. The predicted molar refractivity (Wildman–Crippen MR) is 264 cm³/mol. The molecule has 0 bridgehead atoms. The SMILES string of the molecule is c1ccc(-c2ccccc2-c2cccc(N(c3ccc(-c4cccc5c4oc4ccccc45)cc3-c3ccccc3)c3cccc4c3c3ccccc3n4-c3ccccc3)c2)cc1. The van der Waals surface area contributed by atoms with Crippen molar-refractivity contribution < 1.29 is 4.42 Å². The number of hydrogen-bond donors (Lipinski definition) is 0. The summed E-state index contributed by atoms with van der Waals surface area (Å²) >= 11 is 0. The summed E-state index contributed by atoms with van der Waals surface area (Å²) < 4.78 is 9.01. The van der Waals surface area contributed by atoms with Crippen LogP contribution in [0.1, 0.15) is 0 Å². The Labute approximate surface area is 366 Å². The molecule has 0 atom stereocenters. The van der Waals surface area contributed by atoms with Crippen molar-refractivity contribution in [2.45, 2.75) is 0 Å². The predicted octanol–water partition coefficient (Wildman–Crippen LogP) is 16.8. The van der Waals surface area contributed by atoms with Crippen LogP contribution in [0.4, 0.5) is 17.1 Å². The Morgan fingerprint density at radius 1 is 0.333 bits per heavy atom. The number of rotatable bonds is 8. The number of aromatic nitrogens is 1. The molecule has 2 heterocycles. The molecule has 0 unspecified atom stereocenters. The van der Waals surface area contributed by atoms with Gasteiger partial charge in [0.1, 0.15) is 11.2 Å². The molecule has 63 heavy (non-hydrogen) atoms. The molecule has 10 aromatic carbocycles. The van der Waals surface area contributed by atoms with E-state index in [2.05, 4.69) is 246 Å². The number of para-hydroxylation sites is 4. The van der Waals surface area contributed by atoms with Gasteiger partial charge in [0.2, 0.25) is 0 Å². The number of anilines is 3. The summed E-state index contributed by atoms with van der Waals surface area (Å²) in [5.74, 6) is 0. The maximum absolute atomic E-state index is 6.61. The molecule has 3 nitrogen and oxygen atoms in total. The molecule has 0 spiro atoms. The molecule has 0 N–H and O–H groups in total. The Bertz CT molecular complexity index is 3620. The van der Waals surface area contributed by atoms with Gasteiger partial charge in [0.15, 0.2) is 0 Å². The third-order valence-electron chi connectivity index (χ3n) is 12.4. The standard InChI is InChI=1S/C60H40N2O/c1-4-19-41(20-5-1)47-27-10-11-28-48(47)43-23-16-26-46(39-43)62(57-35-18-34-56-59(57)52-30-12-14-33-54(52)61(56)45-24-8-3-9-25-45)55-38-37-44(40-53(55)42-21-6-2-7-22-42)49-31-17-32-51-50-29-13-15-36-58(50)63-60(49)51/h1-40H. The van der Waals surface area contributed by atoms with Gasteiger partial charge in [0, 0.05) is 44.0 Å². The van der Waals surface area contributed by atoms with E-state index in [1.54, 1.807) is 0 Å². The summed E-state index contributed by atoms with van der Waals surface area (Å²) in [7, 11) is 0. The molecule has 296 valence electrons. The van der Waals surface area contributed by atoms with Crippen molar-refractivity contribution >= 4 is 60.8 Å². The van der Waals surface area contributed by atoms with Gasteiger partial charge < -0.3 is 13.9 Å². The van der Waals surface area contributed by atoms with E-state index in [1.165, 1.54) is 27.5 Å². The molecule has 0 fully saturated rings. The van der Waals surface area contributed by atoms with Crippen LogP contribution in [0.2, 0.25) is 0 Å². The zero-order chi connectivity index (χ0) is 41.7. The monoisotopic (exact) mass is 804 g/mol. The van der Waals surface area contributed by atoms with Gasteiger partial charge in [-0.05, 0) is 94.0 Å². The highest BCUT2D eigenvalue weighted by Gasteiger charge is 2.25. The first kappa shape index (κ1) is 36.5. The fourth-order valence-electron chi connectivity index (χ4n) is 9.59. The number of furan rings is 1. The molecule has 0 radical (unpaired) electrons. The van der Waals surface area contributed by atoms with Gasteiger partial charge >= 0.3 is 0 Å². The first-order valence-corrected chi connectivity index (χ1v) is 21.5. The van der Waals surface area contributed by atoms with Crippen molar-refractivity contribution in [2.24, 2.45) is 0 Å². The lowest BCUT2D eigenvalue weighted by molar-refractivity contribution is 0.670. The minimum Gasteiger partial charge on any atom is -0.455 e. The molecule has 0 saturated carbocycles. The Morgan fingerprint density at radius 3 is 1.68 bits per heavy atom. The van der Waals surface area contributed by atoms with Crippen LogP contribution in [0.25, 0.3) is 93.9 Å². The molecule has 0 aliphatic heterocycles. The highest BCUT2D eigenvalue weighted by molar-refractivity contribution is 6.17. The molecule has 12 aromatic rings. The van der Waals surface area contributed by atoms with E-state index in [4.69, 9.17) is 4.42 Å². The first-order valence-electron chi connectivity index (χ1n) is 21.5. The quantitative estimate of drug-likeness (QED) is 0.153. The molecular formula is C60H40N2O. The van der Waals surface area contributed by atoms with E-state index < -0.39 is 0 Å². The third-order valence-corrected chi connectivity index (χ3v) is 12.4. The molecular weight excluding hydrogens is 765 g/mol. The summed E-state index contributed by atoms with van der Waals surface area (Å²) in [6, 6.07) is 87.2. The van der Waals surface area contributed by atoms with Crippen LogP contribution in [-0.2, 0) is 0 Å². The molecule has 3 heteroatoms. The van der Waals surface area contributed by atoms with Gasteiger partial charge in [0.25, 0.3) is 0 Å². The zero-order valence-electron chi connectivity index (χ0n) is 34.4. The van der Waals surface area contributed by atoms with E-state index in [9.17, 15) is 0 Å². The maximum Gasteiger partial charge on any atom is 0.143 e. The van der Waals surface area contributed by atoms with Crippen molar-refractivity contribution in [2.75, 3.05) is 4.90 Å². The first-order chi connectivity index (χ1) is 31.3. The molecule has 2 aromatic heterocycles. The van der Waals surface area contributed by atoms with Gasteiger partial charge in [-0.25, -0.2) is 0 Å². The number of fused-ring (bicyclic) bond motifs is 6. The van der Waals surface area contributed by atoms with Crippen molar-refractivity contribution in [3.63, 3.8) is 0 Å². The molecule has 0 amide bonds. The molecule has 0 aliphatic rings. The highest BCUT2D eigenvalue weighted by atomic mass is 16.3. The largest absolute Gasteiger partial charge is 0.455 e. The van der Waals surface area contributed by atoms with E-state index in [0.717, 1.165) is 83.5 Å². The van der Waals surface area contributed by atoms with Crippen molar-refractivity contribution in [3.8, 4) is 50.2 Å². The topological polar surface area (TPSA) is 21.3 Å². The summed E-state index contributed by atoms with van der Waals surface area (Å²) in [5, 5.41) is 4.61. The maximum atomic E-state index is 6.61. The number of nitrogens with zero attached hydrogens (tertiary/aromatic N) is 2. The lowest BCUT2D eigenvalue weighted by Gasteiger charge is -2.30. The Balaban J connectivity index is 1.14. The van der Waals surface area contributed by atoms with E-state index in [0.29, 0.717) is 0 Å². The number of hydrogen-bond acceptors (Lipinski definition) is 2. The van der Waals surface area contributed by atoms with Crippen LogP contribution in [0, 0.1) is 0 Å². The lowest BCUT2D eigenvalue weighted by atomic mass is 9.93. The van der Waals surface area contributed by atoms with Gasteiger partial charge in [-0.2, -0.15) is 0 Å². The van der Waals surface area contributed by atoms with Crippen LogP contribution in [0.5, 0.6) is 0 Å². The summed E-state index contributed by atoms with van der Waals surface area (Å²) in [6.45, 7) is 0. The van der Waals surface area contributed by atoms with Crippen LogP contribution < -0.4 is 4.90 Å². The van der Waals surface area contributed by atoms with Crippen LogP contribution in [0.3, 0.4) is 0 Å².